The summed E-state index contributed by atoms with van der Waals surface area (Å²) in [6, 6.07) is 3.82. The topological polar surface area (TPSA) is 6.48 Å². The van der Waals surface area contributed by atoms with E-state index in [-0.39, 0.29) is 0 Å². The molecule has 0 aromatic carbocycles. The van der Waals surface area contributed by atoms with Crippen LogP contribution in [0.1, 0.15) is 47.5 Å². The summed E-state index contributed by atoms with van der Waals surface area (Å²) in [7, 11) is 0. The Morgan fingerprint density at radius 1 is 1.21 bits per heavy atom. The van der Waals surface area contributed by atoms with Gasteiger partial charge in [0, 0.05) is 41.5 Å². The van der Waals surface area contributed by atoms with Gasteiger partial charge in [0.05, 0.1) is 0 Å². The van der Waals surface area contributed by atoms with Crippen molar-refractivity contribution in [1.82, 2.24) is 9.80 Å². The lowest BCUT2D eigenvalue weighted by atomic mass is 9.97. The highest BCUT2D eigenvalue weighted by molar-refractivity contribution is 7.12. The summed E-state index contributed by atoms with van der Waals surface area (Å²) in [5, 5.41) is 0. The SMILES string of the molecule is Cc1cc(C(C)N2CCN3CCCCC3C2)c(C)s1. The van der Waals surface area contributed by atoms with Gasteiger partial charge < -0.3 is 0 Å². The fraction of sp³-hybridized carbons (Fsp3) is 0.750. The van der Waals surface area contributed by atoms with Crippen molar-refractivity contribution in [2.24, 2.45) is 0 Å². The van der Waals surface area contributed by atoms with E-state index in [2.05, 4.69) is 36.6 Å². The summed E-state index contributed by atoms with van der Waals surface area (Å²) < 4.78 is 0. The van der Waals surface area contributed by atoms with Crippen LogP contribution in [0.4, 0.5) is 0 Å². The van der Waals surface area contributed by atoms with Crippen LogP contribution in [-0.2, 0) is 0 Å². The van der Waals surface area contributed by atoms with Crippen LogP contribution < -0.4 is 0 Å². The second kappa shape index (κ2) is 5.55. The van der Waals surface area contributed by atoms with Crippen molar-refractivity contribution >= 4 is 11.3 Å². The van der Waals surface area contributed by atoms with Gasteiger partial charge in [0.25, 0.3) is 0 Å². The third-order valence-electron chi connectivity index (χ3n) is 4.95. The molecule has 1 aromatic heterocycles. The van der Waals surface area contributed by atoms with Crippen LogP contribution in [0.25, 0.3) is 0 Å². The van der Waals surface area contributed by atoms with Crippen LogP contribution in [-0.4, -0.2) is 42.0 Å². The molecule has 2 fully saturated rings. The quantitative estimate of drug-likeness (QED) is 0.815. The first-order chi connectivity index (χ1) is 9.15. The van der Waals surface area contributed by atoms with E-state index in [4.69, 9.17) is 0 Å². The maximum Gasteiger partial charge on any atom is 0.0332 e. The van der Waals surface area contributed by atoms with Crippen molar-refractivity contribution in [3.05, 3.63) is 21.4 Å². The van der Waals surface area contributed by atoms with Gasteiger partial charge in [0.1, 0.15) is 0 Å². The van der Waals surface area contributed by atoms with Crippen LogP contribution in [0.15, 0.2) is 6.07 Å². The van der Waals surface area contributed by atoms with Crippen LogP contribution in [0.3, 0.4) is 0 Å². The predicted octanol–water partition coefficient (Wildman–Crippen LogP) is 3.60. The summed E-state index contributed by atoms with van der Waals surface area (Å²) in [5.74, 6) is 0. The van der Waals surface area contributed by atoms with E-state index in [9.17, 15) is 0 Å². The molecule has 0 aliphatic carbocycles. The van der Waals surface area contributed by atoms with Gasteiger partial charge in [0.2, 0.25) is 0 Å². The molecule has 2 unspecified atom stereocenters. The fourth-order valence-electron chi connectivity index (χ4n) is 3.79. The molecule has 106 valence electrons. The summed E-state index contributed by atoms with van der Waals surface area (Å²) in [4.78, 5) is 8.39. The molecule has 2 aliphatic rings. The van der Waals surface area contributed by atoms with Gasteiger partial charge in [-0.3, -0.25) is 9.80 Å². The van der Waals surface area contributed by atoms with Gasteiger partial charge in [-0.15, -0.1) is 11.3 Å². The standard InChI is InChI=1S/C16H26N2S/c1-12-10-16(14(3)19-12)13(2)18-9-8-17-7-5-4-6-15(17)11-18/h10,13,15H,4-9,11H2,1-3H3. The Hall–Kier alpha value is -0.380. The molecule has 3 rings (SSSR count). The van der Waals surface area contributed by atoms with Gasteiger partial charge >= 0.3 is 0 Å². The Balaban J connectivity index is 1.70. The molecule has 3 heterocycles. The Morgan fingerprint density at radius 2 is 2.05 bits per heavy atom. The largest absolute Gasteiger partial charge is 0.298 e. The van der Waals surface area contributed by atoms with E-state index in [0.29, 0.717) is 6.04 Å². The average molecular weight is 278 g/mol. The number of thiophene rings is 1. The zero-order valence-electron chi connectivity index (χ0n) is 12.5. The van der Waals surface area contributed by atoms with Crippen molar-refractivity contribution in [3.8, 4) is 0 Å². The van der Waals surface area contributed by atoms with Crippen molar-refractivity contribution in [2.45, 2.75) is 52.1 Å². The third kappa shape index (κ3) is 2.74. The molecule has 0 radical (unpaired) electrons. The first-order valence-electron chi connectivity index (χ1n) is 7.70. The zero-order chi connectivity index (χ0) is 13.4. The van der Waals surface area contributed by atoms with Crippen molar-refractivity contribution < 1.29 is 0 Å². The highest BCUT2D eigenvalue weighted by Gasteiger charge is 2.31. The smallest absolute Gasteiger partial charge is 0.0332 e. The number of piperidine rings is 1. The van der Waals surface area contributed by atoms with E-state index in [1.165, 1.54) is 55.2 Å². The number of hydrogen-bond acceptors (Lipinski definition) is 3. The Kier molecular flexibility index (Phi) is 3.97. The van der Waals surface area contributed by atoms with Gasteiger partial charge in [0.15, 0.2) is 0 Å². The maximum atomic E-state index is 2.72. The van der Waals surface area contributed by atoms with Crippen molar-refractivity contribution in [2.75, 3.05) is 26.2 Å². The molecule has 0 saturated carbocycles. The molecule has 0 amide bonds. The van der Waals surface area contributed by atoms with Crippen LogP contribution in [0.5, 0.6) is 0 Å². The first-order valence-corrected chi connectivity index (χ1v) is 8.52. The summed E-state index contributed by atoms with van der Waals surface area (Å²) in [6.45, 7) is 12.0. The molecule has 0 N–H and O–H groups in total. The monoisotopic (exact) mass is 278 g/mol. The molecule has 0 spiro atoms. The van der Waals surface area contributed by atoms with Crippen molar-refractivity contribution in [3.63, 3.8) is 0 Å². The molecule has 1 aromatic rings. The maximum absolute atomic E-state index is 2.72. The summed E-state index contributed by atoms with van der Waals surface area (Å²) in [6.07, 6.45) is 4.25. The lowest BCUT2D eigenvalue weighted by Gasteiger charge is -2.46. The van der Waals surface area contributed by atoms with Crippen LogP contribution >= 0.6 is 11.3 Å². The van der Waals surface area contributed by atoms with Gasteiger partial charge in [-0.1, -0.05) is 6.42 Å². The average Bonchev–Trinajstić information content (AvgIpc) is 2.76. The highest BCUT2D eigenvalue weighted by atomic mass is 32.1. The lowest BCUT2D eigenvalue weighted by molar-refractivity contribution is 0.0307. The Labute approximate surface area is 121 Å². The van der Waals surface area contributed by atoms with Crippen molar-refractivity contribution in [1.29, 1.82) is 0 Å². The number of rotatable bonds is 2. The van der Waals surface area contributed by atoms with E-state index in [1.54, 1.807) is 5.56 Å². The van der Waals surface area contributed by atoms with Gasteiger partial charge in [-0.05, 0) is 51.8 Å². The van der Waals surface area contributed by atoms with Crippen LogP contribution in [0, 0.1) is 13.8 Å². The molecular formula is C16H26N2S. The third-order valence-corrected chi connectivity index (χ3v) is 5.93. The number of fused-ring (bicyclic) bond motifs is 1. The first kappa shape index (κ1) is 13.6. The summed E-state index contributed by atoms with van der Waals surface area (Å²) >= 11 is 1.95. The molecule has 2 aliphatic heterocycles. The predicted molar refractivity (Wildman–Crippen MR) is 83.0 cm³/mol. The minimum Gasteiger partial charge on any atom is -0.298 e. The molecule has 0 bridgehead atoms. The summed E-state index contributed by atoms with van der Waals surface area (Å²) in [5.41, 5.74) is 1.56. The minimum absolute atomic E-state index is 0.592. The molecular weight excluding hydrogens is 252 g/mol. The number of hydrogen-bond donors (Lipinski definition) is 0. The lowest BCUT2D eigenvalue weighted by Crippen LogP contribution is -2.55. The van der Waals surface area contributed by atoms with Gasteiger partial charge in [-0.2, -0.15) is 0 Å². The van der Waals surface area contributed by atoms with E-state index >= 15 is 0 Å². The molecule has 3 heteroatoms. The number of nitrogens with zero attached hydrogens (tertiary/aromatic N) is 2. The normalized spacial score (nSPS) is 27.2. The molecule has 2 atom stereocenters. The Bertz CT molecular complexity index is 440. The number of aryl methyl sites for hydroxylation is 2. The van der Waals surface area contributed by atoms with E-state index in [1.807, 2.05) is 11.3 Å². The van der Waals surface area contributed by atoms with E-state index < -0.39 is 0 Å². The van der Waals surface area contributed by atoms with Gasteiger partial charge in [-0.25, -0.2) is 0 Å². The minimum atomic E-state index is 0.592. The Morgan fingerprint density at radius 3 is 2.79 bits per heavy atom. The molecule has 19 heavy (non-hydrogen) atoms. The second-order valence-electron chi connectivity index (χ2n) is 6.23. The van der Waals surface area contributed by atoms with Crippen LogP contribution in [0.2, 0.25) is 0 Å². The second-order valence-corrected chi connectivity index (χ2v) is 7.69. The molecule has 2 nitrogen and oxygen atoms in total. The highest BCUT2D eigenvalue weighted by Crippen LogP contribution is 2.32. The fourth-order valence-corrected chi connectivity index (χ4v) is 4.81. The zero-order valence-corrected chi connectivity index (χ0v) is 13.3. The molecule has 2 saturated heterocycles. The number of piperazine rings is 1. The van der Waals surface area contributed by atoms with E-state index in [0.717, 1.165) is 6.04 Å².